The number of carbonyl (C=O) groups excluding carboxylic acids is 1. The number of rotatable bonds is 6. The zero-order valence-corrected chi connectivity index (χ0v) is 20.7. The maximum atomic E-state index is 14.2. The number of carbonyl (C=O) groups is 1. The van der Waals surface area contributed by atoms with E-state index in [-0.39, 0.29) is 11.7 Å². The van der Waals surface area contributed by atoms with Crippen LogP contribution in [0.5, 0.6) is 5.75 Å². The molecule has 0 fully saturated rings. The molecule has 0 aliphatic carbocycles. The van der Waals surface area contributed by atoms with Crippen molar-refractivity contribution >= 4 is 33.5 Å². The van der Waals surface area contributed by atoms with Gasteiger partial charge in [-0.05, 0) is 59.2 Å². The van der Waals surface area contributed by atoms with Gasteiger partial charge in [-0.2, -0.15) is 5.10 Å². The monoisotopic (exact) mass is 506 g/mol. The second kappa shape index (κ2) is 9.44. The van der Waals surface area contributed by atoms with Crippen molar-refractivity contribution in [3.8, 4) is 39.4 Å². The van der Waals surface area contributed by atoms with Crippen molar-refractivity contribution in [3.63, 3.8) is 0 Å². The third-order valence-electron chi connectivity index (χ3n) is 6.44. The van der Waals surface area contributed by atoms with E-state index < -0.39 is 0 Å². The minimum Gasteiger partial charge on any atom is -0.497 e. The van der Waals surface area contributed by atoms with Crippen molar-refractivity contribution in [1.82, 2.24) is 25.1 Å². The van der Waals surface area contributed by atoms with Gasteiger partial charge in [0, 0.05) is 41.2 Å². The van der Waals surface area contributed by atoms with Gasteiger partial charge in [-0.15, -0.1) is 0 Å². The van der Waals surface area contributed by atoms with Gasteiger partial charge in [0.15, 0.2) is 0 Å². The summed E-state index contributed by atoms with van der Waals surface area (Å²) in [6.07, 6.45) is 5.47. The summed E-state index contributed by atoms with van der Waals surface area (Å²) in [5.74, 6) is -0.00178. The fourth-order valence-corrected chi connectivity index (χ4v) is 4.56. The predicted octanol–water partition coefficient (Wildman–Crippen LogP) is 6.33. The number of methoxy groups -OCH3 is 1. The van der Waals surface area contributed by atoms with Crippen LogP contribution in [-0.4, -0.2) is 38.2 Å². The first-order valence-corrected chi connectivity index (χ1v) is 12.1. The number of hydrogen-bond acceptors (Lipinski definition) is 5. The first kappa shape index (κ1) is 23.4. The van der Waals surface area contributed by atoms with E-state index in [1.807, 2.05) is 36.4 Å². The molecular formula is C29H23FN6O2. The summed E-state index contributed by atoms with van der Waals surface area (Å²) in [4.78, 5) is 24.0. The molecule has 8 nitrogen and oxygen atoms in total. The van der Waals surface area contributed by atoms with E-state index >= 15 is 0 Å². The molecule has 2 aromatic carbocycles. The maximum absolute atomic E-state index is 14.2. The second-order valence-electron chi connectivity index (χ2n) is 8.88. The first-order valence-electron chi connectivity index (χ1n) is 12.1. The minimum absolute atomic E-state index is 0.0694. The number of fused-ring (bicyclic) bond motifs is 2. The second-order valence-corrected chi connectivity index (χ2v) is 8.88. The van der Waals surface area contributed by atoms with Crippen LogP contribution in [0, 0.1) is 5.82 Å². The van der Waals surface area contributed by atoms with E-state index in [0.29, 0.717) is 29.1 Å². The van der Waals surface area contributed by atoms with E-state index in [1.165, 1.54) is 19.2 Å². The van der Waals surface area contributed by atoms with E-state index in [0.717, 1.165) is 44.4 Å². The van der Waals surface area contributed by atoms with Crippen molar-refractivity contribution in [2.24, 2.45) is 0 Å². The number of nitrogens with zero attached hydrogens (tertiary/aromatic N) is 3. The number of H-pyrrole nitrogens is 2. The van der Waals surface area contributed by atoms with Crippen molar-refractivity contribution in [1.29, 1.82) is 0 Å². The van der Waals surface area contributed by atoms with Crippen molar-refractivity contribution in [2.45, 2.75) is 13.3 Å². The van der Waals surface area contributed by atoms with Gasteiger partial charge in [-0.3, -0.25) is 14.9 Å². The Kier molecular flexibility index (Phi) is 5.80. The molecule has 3 N–H and O–H groups in total. The fourth-order valence-electron chi connectivity index (χ4n) is 4.56. The number of aromatic amines is 2. The summed E-state index contributed by atoms with van der Waals surface area (Å²) >= 11 is 0. The average Bonchev–Trinajstić information content (AvgIpc) is 3.56. The van der Waals surface area contributed by atoms with Crippen molar-refractivity contribution < 1.29 is 13.9 Å². The average molecular weight is 507 g/mol. The molecule has 0 bridgehead atoms. The van der Waals surface area contributed by atoms with Crippen LogP contribution in [0.25, 0.3) is 55.6 Å². The number of aromatic nitrogens is 5. The molecule has 0 spiro atoms. The van der Waals surface area contributed by atoms with E-state index in [4.69, 9.17) is 4.74 Å². The predicted molar refractivity (Wildman–Crippen MR) is 145 cm³/mol. The van der Waals surface area contributed by atoms with Gasteiger partial charge in [0.1, 0.15) is 22.9 Å². The topological polar surface area (TPSA) is 109 Å². The highest BCUT2D eigenvalue weighted by molar-refractivity contribution is 6.01. The maximum Gasteiger partial charge on any atom is 0.224 e. The molecule has 4 aromatic heterocycles. The van der Waals surface area contributed by atoms with Crippen LogP contribution in [-0.2, 0) is 4.79 Å². The normalized spacial score (nSPS) is 11.2. The van der Waals surface area contributed by atoms with Gasteiger partial charge >= 0.3 is 0 Å². The number of halogens is 1. The molecular weight excluding hydrogens is 483 g/mol. The molecule has 0 unspecified atom stereocenters. The molecule has 188 valence electrons. The van der Waals surface area contributed by atoms with E-state index in [2.05, 4.69) is 30.5 Å². The third-order valence-corrected chi connectivity index (χ3v) is 6.44. The van der Waals surface area contributed by atoms with Crippen LogP contribution < -0.4 is 10.1 Å². The summed E-state index contributed by atoms with van der Waals surface area (Å²) in [7, 11) is 1.51. The Morgan fingerprint density at radius 3 is 2.74 bits per heavy atom. The lowest BCUT2D eigenvalue weighted by molar-refractivity contribution is -0.115. The zero-order chi connectivity index (χ0) is 26.2. The summed E-state index contributed by atoms with van der Waals surface area (Å²) in [5.41, 5.74) is 7.00. The number of ether oxygens (including phenoxy) is 1. The van der Waals surface area contributed by atoms with E-state index in [9.17, 15) is 9.18 Å². The van der Waals surface area contributed by atoms with Crippen molar-refractivity contribution in [3.05, 3.63) is 79.0 Å². The Bertz CT molecular complexity index is 1820. The first-order chi connectivity index (χ1) is 18.5. The Morgan fingerprint density at radius 2 is 1.89 bits per heavy atom. The molecule has 1 amide bonds. The van der Waals surface area contributed by atoms with Gasteiger partial charge < -0.3 is 15.0 Å². The Hall–Kier alpha value is -5.05. The molecule has 0 saturated heterocycles. The van der Waals surface area contributed by atoms with Crippen LogP contribution in [0.15, 0.2) is 73.2 Å². The number of anilines is 1. The lowest BCUT2D eigenvalue weighted by Gasteiger charge is -2.07. The molecule has 38 heavy (non-hydrogen) atoms. The SMILES string of the molecule is CCC(=O)Nc1cncc(-c2ccc3[nH]nc(-c4cc5c(-c6cc(F)cc(OC)c6)ccnc5[nH]4)c3c2)c1. The summed E-state index contributed by atoms with van der Waals surface area (Å²) in [6.45, 7) is 1.80. The number of pyridine rings is 2. The molecule has 0 aliphatic rings. The van der Waals surface area contributed by atoms with Crippen LogP contribution in [0.4, 0.5) is 10.1 Å². The molecule has 6 rings (SSSR count). The van der Waals surface area contributed by atoms with Gasteiger partial charge in [-0.1, -0.05) is 13.0 Å². The fraction of sp³-hybridized carbons (Fsp3) is 0.103. The van der Waals surface area contributed by atoms with Crippen molar-refractivity contribution in [2.75, 3.05) is 12.4 Å². The number of hydrogen-bond donors (Lipinski definition) is 3. The number of benzene rings is 2. The molecule has 0 atom stereocenters. The Balaban J connectivity index is 1.43. The van der Waals surface area contributed by atoms with E-state index in [1.54, 1.807) is 31.6 Å². The lowest BCUT2D eigenvalue weighted by atomic mass is 10.0. The van der Waals surface area contributed by atoms with Gasteiger partial charge in [0.25, 0.3) is 0 Å². The molecule has 0 aliphatic heterocycles. The quantitative estimate of drug-likeness (QED) is 0.245. The lowest BCUT2D eigenvalue weighted by Crippen LogP contribution is -2.09. The van der Waals surface area contributed by atoms with Crippen LogP contribution in [0.2, 0.25) is 0 Å². The van der Waals surface area contributed by atoms with Crippen LogP contribution >= 0.6 is 0 Å². The molecule has 4 heterocycles. The molecule has 0 saturated carbocycles. The molecule has 6 aromatic rings. The standard InChI is InChI=1S/C29H23FN6O2/c1-3-27(37)33-20-9-18(14-31-15-20)16-4-5-25-24(11-16)28(36-35-25)26-13-23-22(6-7-32-29(23)34-26)17-8-19(30)12-21(10-17)38-2/h4-15H,3H2,1-2H3,(H,32,34)(H,33,37)(H,35,36). The van der Waals surface area contributed by atoms with Gasteiger partial charge in [0.05, 0.1) is 30.2 Å². The molecule has 0 radical (unpaired) electrons. The zero-order valence-electron chi connectivity index (χ0n) is 20.7. The van der Waals surface area contributed by atoms with Gasteiger partial charge in [-0.25, -0.2) is 9.37 Å². The minimum atomic E-state index is -0.376. The summed E-state index contributed by atoms with van der Waals surface area (Å²) < 4.78 is 19.5. The van der Waals surface area contributed by atoms with Crippen LogP contribution in [0.1, 0.15) is 13.3 Å². The smallest absolute Gasteiger partial charge is 0.224 e. The van der Waals surface area contributed by atoms with Gasteiger partial charge in [0.2, 0.25) is 5.91 Å². The number of nitrogens with one attached hydrogen (secondary N) is 3. The number of amides is 1. The van der Waals surface area contributed by atoms with Crippen LogP contribution in [0.3, 0.4) is 0 Å². The summed E-state index contributed by atoms with van der Waals surface area (Å²) in [6, 6.07) is 16.3. The Labute approximate surface area is 216 Å². The highest BCUT2D eigenvalue weighted by Gasteiger charge is 2.16. The highest BCUT2D eigenvalue weighted by Crippen LogP contribution is 2.36. The largest absolute Gasteiger partial charge is 0.497 e. The third kappa shape index (κ3) is 4.24. The highest BCUT2D eigenvalue weighted by atomic mass is 19.1. The molecule has 9 heteroatoms. The Morgan fingerprint density at radius 1 is 1.00 bits per heavy atom. The summed E-state index contributed by atoms with van der Waals surface area (Å²) in [5, 5.41) is 12.3.